The lowest BCUT2D eigenvalue weighted by Crippen LogP contribution is -2.20. The molecule has 1 heterocycles. The summed E-state index contributed by atoms with van der Waals surface area (Å²) in [5, 5.41) is 0. The van der Waals surface area contributed by atoms with Crippen molar-refractivity contribution >= 4 is 0 Å². The molecule has 2 fully saturated rings. The van der Waals surface area contributed by atoms with Gasteiger partial charge in [0.15, 0.2) is 0 Å². The number of hydrogen-bond acceptors (Lipinski definition) is 1. The van der Waals surface area contributed by atoms with E-state index in [1.807, 2.05) is 0 Å². The average Bonchev–Trinajstić information content (AvgIpc) is 2.49. The third kappa shape index (κ3) is 0.983. The van der Waals surface area contributed by atoms with Gasteiger partial charge in [0, 0.05) is 0 Å². The maximum atomic E-state index is 5.41. The molecule has 1 spiro atoms. The van der Waals surface area contributed by atoms with Crippen LogP contribution in [0.1, 0.15) is 32.6 Å². The standard InChI is InChI=1S/C8H14O/c1-7-3-2-4-8(5-7)6-9-8/h7H,2-6H2,1H3. The van der Waals surface area contributed by atoms with Crippen molar-refractivity contribution in [1.82, 2.24) is 0 Å². The summed E-state index contributed by atoms with van der Waals surface area (Å²) in [5.41, 5.74) is 0.400. The molecule has 0 aromatic heterocycles. The molecule has 1 heteroatoms. The summed E-state index contributed by atoms with van der Waals surface area (Å²) in [6.07, 6.45) is 5.47. The first-order chi connectivity index (χ1) is 4.31. The van der Waals surface area contributed by atoms with Crippen LogP contribution >= 0.6 is 0 Å². The van der Waals surface area contributed by atoms with Gasteiger partial charge in [0.05, 0.1) is 12.2 Å². The van der Waals surface area contributed by atoms with Crippen molar-refractivity contribution in [3.05, 3.63) is 0 Å². The molecule has 2 unspecified atom stereocenters. The van der Waals surface area contributed by atoms with E-state index in [0.29, 0.717) is 5.60 Å². The molecule has 0 bridgehead atoms. The van der Waals surface area contributed by atoms with Gasteiger partial charge in [-0.15, -0.1) is 0 Å². The second-order valence-corrected chi connectivity index (χ2v) is 3.67. The highest BCUT2D eigenvalue weighted by Gasteiger charge is 2.46. The fourth-order valence-corrected chi connectivity index (χ4v) is 1.98. The first-order valence-corrected chi connectivity index (χ1v) is 3.95. The molecule has 1 aliphatic heterocycles. The van der Waals surface area contributed by atoms with Crippen LogP contribution in [0, 0.1) is 5.92 Å². The van der Waals surface area contributed by atoms with Crippen molar-refractivity contribution in [3.8, 4) is 0 Å². The molecule has 1 saturated carbocycles. The molecule has 1 nitrogen and oxygen atoms in total. The lowest BCUT2D eigenvalue weighted by atomic mass is 9.83. The van der Waals surface area contributed by atoms with E-state index in [9.17, 15) is 0 Å². The Hall–Kier alpha value is -0.0400. The Bertz CT molecular complexity index is 116. The first kappa shape index (κ1) is 5.72. The second kappa shape index (κ2) is 1.72. The van der Waals surface area contributed by atoms with E-state index < -0.39 is 0 Å². The van der Waals surface area contributed by atoms with Gasteiger partial charge < -0.3 is 4.74 Å². The molecular weight excluding hydrogens is 112 g/mol. The Kier molecular flexibility index (Phi) is 1.10. The van der Waals surface area contributed by atoms with Crippen LogP contribution in [0.25, 0.3) is 0 Å². The maximum Gasteiger partial charge on any atom is 0.0919 e. The summed E-state index contributed by atoms with van der Waals surface area (Å²) in [6.45, 7) is 3.39. The van der Waals surface area contributed by atoms with Crippen LogP contribution < -0.4 is 0 Å². The van der Waals surface area contributed by atoms with Gasteiger partial charge in [-0.2, -0.15) is 0 Å². The van der Waals surface area contributed by atoms with E-state index in [4.69, 9.17) is 4.74 Å². The van der Waals surface area contributed by atoms with E-state index in [2.05, 4.69) is 6.92 Å². The predicted molar refractivity (Wildman–Crippen MR) is 36.3 cm³/mol. The maximum absolute atomic E-state index is 5.41. The van der Waals surface area contributed by atoms with Crippen LogP contribution in [0.4, 0.5) is 0 Å². The summed E-state index contributed by atoms with van der Waals surface area (Å²) in [5.74, 6) is 0.918. The largest absolute Gasteiger partial charge is 0.370 e. The van der Waals surface area contributed by atoms with Crippen molar-refractivity contribution in [2.45, 2.75) is 38.2 Å². The first-order valence-electron chi connectivity index (χ1n) is 3.95. The molecule has 52 valence electrons. The highest BCUT2D eigenvalue weighted by Crippen LogP contribution is 2.43. The Morgan fingerprint density at radius 2 is 2.33 bits per heavy atom. The third-order valence-corrected chi connectivity index (χ3v) is 2.60. The smallest absolute Gasteiger partial charge is 0.0919 e. The van der Waals surface area contributed by atoms with E-state index in [1.54, 1.807) is 0 Å². The minimum Gasteiger partial charge on any atom is -0.370 e. The SMILES string of the molecule is CC1CCCC2(CO2)C1. The van der Waals surface area contributed by atoms with Crippen LogP contribution in [0.3, 0.4) is 0 Å². The molecule has 2 aliphatic rings. The molecule has 0 radical (unpaired) electrons. The number of epoxide rings is 1. The van der Waals surface area contributed by atoms with Gasteiger partial charge >= 0.3 is 0 Å². The summed E-state index contributed by atoms with van der Waals surface area (Å²) < 4.78 is 5.41. The summed E-state index contributed by atoms with van der Waals surface area (Å²) in [7, 11) is 0. The van der Waals surface area contributed by atoms with Crippen LogP contribution in [0.2, 0.25) is 0 Å². The van der Waals surface area contributed by atoms with Crippen LogP contribution in [-0.4, -0.2) is 12.2 Å². The molecule has 9 heavy (non-hydrogen) atoms. The van der Waals surface area contributed by atoms with Crippen molar-refractivity contribution < 1.29 is 4.74 Å². The molecule has 1 saturated heterocycles. The van der Waals surface area contributed by atoms with Crippen LogP contribution in [0.15, 0.2) is 0 Å². The average molecular weight is 126 g/mol. The van der Waals surface area contributed by atoms with Gasteiger partial charge in [0.1, 0.15) is 0 Å². The highest BCUT2D eigenvalue weighted by molar-refractivity contribution is 4.95. The van der Waals surface area contributed by atoms with Crippen molar-refractivity contribution in [2.75, 3.05) is 6.61 Å². The summed E-state index contributed by atoms with van der Waals surface area (Å²) >= 11 is 0. The van der Waals surface area contributed by atoms with Gasteiger partial charge in [-0.25, -0.2) is 0 Å². The molecule has 0 aromatic rings. The minimum atomic E-state index is 0.400. The Morgan fingerprint density at radius 1 is 1.56 bits per heavy atom. The molecule has 0 N–H and O–H groups in total. The molecular formula is C8H14O. The monoisotopic (exact) mass is 126 g/mol. The zero-order chi connectivity index (χ0) is 6.32. The predicted octanol–water partition coefficient (Wildman–Crippen LogP) is 1.97. The zero-order valence-corrected chi connectivity index (χ0v) is 6.02. The zero-order valence-electron chi connectivity index (χ0n) is 6.02. The van der Waals surface area contributed by atoms with Gasteiger partial charge in [0.2, 0.25) is 0 Å². The fourth-order valence-electron chi connectivity index (χ4n) is 1.98. The molecule has 2 atom stereocenters. The molecule has 0 aromatic carbocycles. The Balaban J connectivity index is 1.96. The van der Waals surface area contributed by atoms with E-state index in [0.717, 1.165) is 12.5 Å². The summed E-state index contributed by atoms with van der Waals surface area (Å²) in [6, 6.07) is 0. The van der Waals surface area contributed by atoms with Gasteiger partial charge in [-0.1, -0.05) is 19.8 Å². The topological polar surface area (TPSA) is 12.5 Å². The lowest BCUT2D eigenvalue weighted by Gasteiger charge is -2.23. The van der Waals surface area contributed by atoms with Crippen LogP contribution in [0.5, 0.6) is 0 Å². The van der Waals surface area contributed by atoms with Crippen molar-refractivity contribution in [2.24, 2.45) is 5.92 Å². The van der Waals surface area contributed by atoms with Crippen LogP contribution in [-0.2, 0) is 4.74 Å². The number of ether oxygens (including phenoxy) is 1. The fraction of sp³-hybridized carbons (Fsp3) is 1.00. The normalized spacial score (nSPS) is 49.7. The molecule has 1 aliphatic carbocycles. The van der Waals surface area contributed by atoms with Gasteiger partial charge in [-0.3, -0.25) is 0 Å². The summed E-state index contributed by atoms with van der Waals surface area (Å²) in [4.78, 5) is 0. The Morgan fingerprint density at radius 3 is 2.78 bits per heavy atom. The number of rotatable bonds is 0. The second-order valence-electron chi connectivity index (χ2n) is 3.67. The minimum absolute atomic E-state index is 0.400. The van der Waals surface area contributed by atoms with Crippen molar-refractivity contribution in [3.63, 3.8) is 0 Å². The van der Waals surface area contributed by atoms with Gasteiger partial charge in [0.25, 0.3) is 0 Å². The lowest BCUT2D eigenvalue weighted by molar-refractivity contribution is 0.199. The van der Waals surface area contributed by atoms with Crippen molar-refractivity contribution in [1.29, 1.82) is 0 Å². The number of hydrogen-bond donors (Lipinski definition) is 0. The van der Waals surface area contributed by atoms with E-state index in [-0.39, 0.29) is 0 Å². The van der Waals surface area contributed by atoms with Gasteiger partial charge in [-0.05, 0) is 18.8 Å². The highest BCUT2D eigenvalue weighted by atomic mass is 16.6. The molecule has 2 rings (SSSR count). The quantitative estimate of drug-likeness (QED) is 0.452. The Labute approximate surface area is 56.4 Å². The van der Waals surface area contributed by atoms with E-state index in [1.165, 1.54) is 25.7 Å². The van der Waals surface area contributed by atoms with E-state index >= 15 is 0 Å². The third-order valence-electron chi connectivity index (χ3n) is 2.60. The molecule has 0 amide bonds.